The number of hydrogen-bond donors (Lipinski definition) is 1. The van der Waals surface area contributed by atoms with Crippen molar-refractivity contribution in [2.24, 2.45) is 0 Å². The van der Waals surface area contributed by atoms with Crippen LogP contribution in [0.5, 0.6) is 0 Å². The number of nitrogens with one attached hydrogen (secondary N) is 1. The molecule has 0 aliphatic heterocycles. The van der Waals surface area contributed by atoms with Gasteiger partial charge in [-0.15, -0.1) is 0 Å². The highest BCUT2D eigenvalue weighted by Crippen LogP contribution is 2.12. The van der Waals surface area contributed by atoms with Crippen LogP contribution in [0.3, 0.4) is 0 Å². The quantitative estimate of drug-likeness (QED) is 0.862. The largest absolute Gasteiger partial charge is 0.352 e. The molecule has 20 heavy (non-hydrogen) atoms. The third-order valence-corrected chi connectivity index (χ3v) is 3.19. The van der Waals surface area contributed by atoms with E-state index >= 15 is 0 Å². The number of nitrogens with zero attached hydrogens (tertiary/aromatic N) is 2. The molecule has 4 nitrogen and oxygen atoms in total. The van der Waals surface area contributed by atoms with Gasteiger partial charge in [-0.25, -0.2) is 4.39 Å². The molecule has 0 aliphatic rings. The molecule has 2 aromatic rings. The van der Waals surface area contributed by atoms with Gasteiger partial charge in [-0.2, -0.15) is 5.10 Å². The van der Waals surface area contributed by atoms with E-state index in [1.807, 2.05) is 6.92 Å². The van der Waals surface area contributed by atoms with Gasteiger partial charge in [0.25, 0.3) is 5.91 Å². The summed E-state index contributed by atoms with van der Waals surface area (Å²) in [6, 6.07) is 5.61. The van der Waals surface area contributed by atoms with Crippen molar-refractivity contribution >= 4 is 17.5 Å². The number of aryl methyl sites for hydroxylation is 2. The third kappa shape index (κ3) is 3.81. The van der Waals surface area contributed by atoms with E-state index in [9.17, 15) is 9.18 Å². The number of benzene rings is 1. The molecular formula is C14H15ClFN3O. The molecule has 1 aromatic carbocycles. The second-order valence-corrected chi connectivity index (χ2v) is 4.85. The maximum atomic E-state index is 13.0. The van der Waals surface area contributed by atoms with E-state index < -0.39 is 5.82 Å². The van der Waals surface area contributed by atoms with Gasteiger partial charge in [0.05, 0.1) is 10.7 Å². The number of amides is 1. The number of aromatic nitrogens is 2. The lowest BCUT2D eigenvalue weighted by Gasteiger charge is -2.05. The van der Waals surface area contributed by atoms with Gasteiger partial charge in [0, 0.05) is 24.8 Å². The molecule has 1 N–H and O–H groups in total. The van der Waals surface area contributed by atoms with Crippen LogP contribution < -0.4 is 5.32 Å². The van der Waals surface area contributed by atoms with Crippen LogP contribution in [0.15, 0.2) is 30.5 Å². The summed E-state index contributed by atoms with van der Waals surface area (Å²) in [5, 5.41) is 7.59. The lowest BCUT2D eigenvalue weighted by Crippen LogP contribution is -2.25. The van der Waals surface area contributed by atoms with Crippen LogP contribution in [0.1, 0.15) is 22.5 Å². The van der Waals surface area contributed by atoms with Gasteiger partial charge < -0.3 is 5.32 Å². The van der Waals surface area contributed by atoms with Crippen LogP contribution in [0.2, 0.25) is 5.02 Å². The Kier molecular flexibility index (Phi) is 4.74. The summed E-state index contributed by atoms with van der Waals surface area (Å²) in [4.78, 5) is 11.7. The number of hydrogen-bond acceptors (Lipinski definition) is 2. The standard InChI is InChI=1S/C14H15ClFN3O/c1-10-13(15)9-19(18-10)7-3-6-17-14(20)11-4-2-5-12(16)8-11/h2,4-5,8-9H,3,6-7H2,1H3,(H,17,20). The zero-order chi connectivity index (χ0) is 14.5. The number of rotatable bonds is 5. The maximum absolute atomic E-state index is 13.0. The minimum atomic E-state index is -0.417. The first-order valence-electron chi connectivity index (χ1n) is 6.29. The maximum Gasteiger partial charge on any atom is 0.251 e. The van der Waals surface area contributed by atoms with Crippen LogP contribution in [-0.4, -0.2) is 22.2 Å². The van der Waals surface area contributed by atoms with Crippen molar-refractivity contribution in [1.82, 2.24) is 15.1 Å². The minimum Gasteiger partial charge on any atom is -0.352 e. The summed E-state index contributed by atoms with van der Waals surface area (Å²) < 4.78 is 14.7. The summed E-state index contributed by atoms with van der Waals surface area (Å²) in [5.41, 5.74) is 1.11. The summed E-state index contributed by atoms with van der Waals surface area (Å²) >= 11 is 5.90. The van der Waals surface area contributed by atoms with E-state index in [1.54, 1.807) is 16.9 Å². The van der Waals surface area contributed by atoms with Crippen molar-refractivity contribution in [3.63, 3.8) is 0 Å². The molecule has 0 aliphatic carbocycles. The lowest BCUT2D eigenvalue weighted by molar-refractivity contribution is 0.0952. The molecule has 0 spiro atoms. The zero-order valence-electron chi connectivity index (χ0n) is 11.1. The van der Waals surface area contributed by atoms with Crippen molar-refractivity contribution in [3.05, 3.63) is 52.6 Å². The molecule has 6 heteroatoms. The summed E-state index contributed by atoms with van der Waals surface area (Å²) in [6.45, 7) is 2.99. The Morgan fingerprint density at radius 2 is 2.30 bits per heavy atom. The van der Waals surface area contributed by atoms with E-state index in [4.69, 9.17) is 11.6 Å². The Bertz CT molecular complexity index is 593. The molecule has 106 valence electrons. The highest BCUT2D eigenvalue weighted by atomic mass is 35.5. The molecule has 0 unspecified atom stereocenters. The molecule has 0 fully saturated rings. The van der Waals surface area contributed by atoms with Crippen LogP contribution in [0.4, 0.5) is 4.39 Å². The summed E-state index contributed by atoms with van der Waals surface area (Å²) in [7, 11) is 0. The van der Waals surface area contributed by atoms with Crippen LogP contribution in [0.25, 0.3) is 0 Å². The first-order chi connectivity index (χ1) is 9.56. The van der Waals surface area contributed by atoms with Crippen molar-refractivity contribution in [2.75, 3.05) is 6.54 Å². The molecule has 1 aromatic heterocycles. The average molecular weight is 296 g/mol. The van der Waals surface area contributed by atoms with Gasteiger partial charge in [0.15, 0.2) is 0 Å². The predicted molar refractivity (Wildman–Crippen MR) is 75.3 cm³/mol. The predicted octanol–water partition coefficient (Wildman–Crippen LogP) is 2.80. The number of carbonyl (C=O) groups is 1. The second kappa shape index (κ2) is 6.52. The highest BCUT2D eigenvalue weighted by Gasteiger charge is 2.06. The van der Waals surface area contributed by atoms with Crippen molar-refractivity contribution in [2.45, 2.75) is 19.9 Å². The highest BCUT2D eigenvalue weighted by molar-refractivity contribution is 6.31. The second-order valence-electron chi connectivity index (χ2n) is 4.45. The van der Waals surface area contributed by atoms with Gasteiger partial charge in [-0.05, 0) is 31.5 Å². The SMILES string of the molecule is Cc1nn(CCCNC(=O)c2cccc(F)c2)cc1Cl. The fraction of sp³-hybridized carbons (Fsp3) is 0.286. The Hall–Kier alpha value is -1.88. The van der Waals surface area contributed by atoms with E-state index in [1.165, 1.54) is 18.2 Å². The lowest BCUT2D eigenvalue weighted by atomic mass is 10.2. The molecular weight excluding hydrogens is 281 g/mol. The summed E-state index contributed by atoms with van der Waals surface area (Å²) in [6.07, 6.45) is 2.48. The van der Waals surface area contributed by atoms with Crippen molar-refractivity contribution in [1.29, 1.82) is 0 Å². The Morgan fingerprint density at radius 1 is 1.50 bits per heavy atom. The molecule has 0 radical (unpaired) electrons. The first kappa shape index (κ1) is 14.5. The van der Waals surface area contributed by atoms with Crippen molar-refractivity contribution in [3.8, 4) is 0 Å². The fourth-order valence-electron chi connectivity index (χ4n) is 1.78. The first-order valence-corrected chi connectivity index (χ1v) is 6.67. The monoisotopic (exact) mass is 295 g/mol. The Balaban J connectivity index is 1.77. The topological polar surface area (TPSA) is 46.9 Å². The normalized spacial score (nSPS) is 10.6. The van der Waals surface area contributed by atoms with E-state index in [0.29, 0.717) is 23.7 Å². The van der Waals surface area contributed by atoms with Crippen LogP contribution in [0, 0.1) is 12.7 Å². The zero-order valence-corrected chi connectivity index (χ0v) is 11.8. The molecule has 0 atom stereocenters. The summed E-state index contributed by atoms with van der Waals surface area (Å²) in [5.74, 6) is -0.696. The van der Waals surface area contributed by atoms with E-state index in [-0.39, 0.29) is 5.91 Å². The Morgan fingerprint density at radius 3 is 2.95 bits per heavy atom. The molecule has 0 saturated heterocycles. The third-order valence-electron chi connectivity index (χ3n) is 2.82. The van der Waals surface area contributed by atoms with Gasteiger partial charge in [-0.3, -0.25) is 9.48 Å². The average Bonchev–Trinajstić information content (AvgIpc) is 2.73. The molecule has 1 amide bonds. The number of halogens is 2. The fourth-order valence-corrected chi connectivity index (χ4v) is 1.93. The van der Waals surface area contributed by atoms with Crippen molar-refractivity contribution < 1.29 is 9.18 Å². The van der Waals surface area contributed by atoms with E-state index in [2.05, 4.69) is 10.4 Å². The van der Waals surface area contributed by atoms with Gasteiger partial charge in [0.2, 0.25) is 0 Å². The van der Waals surface area contributed by atoms with Gasteiger partial charge in [0.1, 0.15) is 5.82 Å². The van der Waals surface area contributed by atoms with Crippen LogP contribution >= 0.6 is 11.6 Å². The van der Waals surface area contributed by atoms with Gasteiger partial charge >= 0.3 is 0 Å². The van der Waals surface area contributed by atoms with E-state index in [0.717, 1.165) is 12.1 Å². The smallest absolute Gasteiger partial charge is 0.251 e. The van der Waals surface area contributed by atoms with Crippen LogP contribution in [-0.2, 0) is 6.54 Å². The number of carbonyl (C=O) groups excluding carboxylic acids is 1. The molecule has 2 rings (SSSR count). The molecule has 0 bridgehead atoms. The van der Waals surface area contributed by atoms with Gasteiger partial charge in [-0.1, -0.05) is 17.7 Å². The minimum absolute atomic E-state index is 0.279. The molecule has 1 heterocycles. The Labute approximate surface area is 121 Å². The molecule has 0 saturated carbocycles.